The molecular formula is C20H13NO4. The Hall–Kier alpha value is -3.47. The number of phenolic OH excluding ortho intramolecular Hbond substituents is 1. The number of esters is 1. The summed E-state index contributed by atoms with van der Waals surface area (Å²) in [6, 6.07) is 17.4. The van der Waals surface area contributed by atoms with Crippen LogP contribution in [-0.4, -0.2) is 11.1 Å². The van der Waals surface area contributed by atoms with Crippen LogP contribution in [0, 0.1) is 0 Å². The molecule has 3 aromatic rings. The molecule has 2 heterocycles. The van der Waals surface area contributed by atoms with Crippen molar-refractivity contribution in [3.63, 3.8) is 0 Å². The first-order chi connectivity index (χ1) is 12.1. The summed E-state index contributed by atoms with van der Waals surface area (Å²) in [5.74, 6) is 0.614. The third-order valence-electron chi connectivity index (χ3n) is 4.72. The lowest BCUT2D eigenvalue weighted by Gasteiger charge is -2.36. The van der Waals surface area contributed by atoms with Crippen LogP contribution in [0.15, 0.2) is 60.7 Å². The molecule has 5 heteroatoms. The van der Waals surface area contributed by atoms with E-state index in [9.17, 15) is 9.90 Å². The third kappa shape index (κ3) is 1.69. The molecule has 1 spiro atoms. The van der Waals surface area contributed by atoms with E-state index in [4.69, 9.17) is 15.2 Å². The van der Waals surface area contributed by atoms with Gasteiger partial charge >= 0.3 is 5.97 Å². The van der Waals surface area contributed by atoms with Gasteiger partial charge < -0.3 is 20.3 Å². The molecule has 0 saturated heterocycles. The molecule has 0 radical (unpaired) electrons. The topological polar surface area (TPSA) is 81.8 Å². The maximum Gasteiger partial charge on any atom is 0.340 e. The first kappa shape index (κ1) is 13.9. The van der Waals surface area contributed by atoms with Crippen molar-refractivity contribution < 1.29 is 19.4 Å². The number of phenols is 1. The van der Waals surface area contributed by atoms with E-state index in [-0.39, 0.29) is 11.7 Å². The number of carbonyl (C=O) groups is 1. The Morgan fingerprint density at radius 2 is 1.60 bits per heavy atom. The van der Waals surface area contributed by atoms with E-state index in [0.29, 0.717) is 33.9 Å². The summed E-state index contributed by atoms with van der Waals surface area (Å²) in [4.78, 5) is 12.6. The summed E-state index contributed by atoms with van der Waals surface area (Å²) in [5.41, 5.74) is 7.97. The molecule has 0 amide bonds. The number of carbonyl (C=O) groups excluding carboxylic acids is 1. The lowest BCUT2D eigenvalue weighted by Crippen LogP contribution is -2.33. The molecule has 5 rings (SSSR count). The lowest BCUT2D eigenvalue weighted by atomic mass is 9.77. The predicted octanol–water partition coefficient (Wildman–Crippen LogP) is 3.54. The van der Waals surface area contributed by atoms with Crippen LogP contribution in [0.5, 0.6) is 17.2 Å². The van der Waals surface area contributed by atoms with Gasteiger partial charge in [0.1, 0.15) is 17.2 Å². The molecule has 0 fully saturated rings. The second-order valence-electron chi connectivity index (χ2n) is 6.15. The highest BCUT2D eigenvalue weighted by Crippen LogP contribution is 2.56. The van der Waals surface area contributed by atoms with E-state index in [0.717, 1.165) is 5.56 Å². The first-order valence-corrected chi connectivity index (χ1v) is 7.84. The molecular weight excluding hydrogens is 318 g/mol. The van der Waals surface area contributed by atoms with Gasteiger partial charge in [0.15, 0.2) is 5.60 Å². The molecule has 1 atom stereocenters. The van der Waals surface area contributed by atoms with Crippen LogP contribution in [-0.2, 0) is 10.3 Å². The average Bonchev–Trinajstić information content (AvgIpc) is 2.88. The minimum atomic E-state index is -1.11. The Kier molecular flexibility index (Phi) is 2.53. The molecule has 25 heavy (non-hydrogen) atoms. The first-order valence-electron chi connectivity index (χ1n) is 7.84. The van der Waals surface area contributed by atoms with Gasteiger partial charge in [-0.15, -0.1) is 0 Å². The van der Waals surface area contributed by atoms with Crippen LogP contribution in [0.25, 0.3) is 0 Å². The molecule has 0 aromatic heterocycles. The summed E-state index contributed by atoms with van der Waals surface area (Å²) in [7, 11) is 0. The number of nitrogen functional groups attached to an aromatic ring is 1. The fourth-order valence-electron chi connectivity index (χ4n) is 3.68. The second-order valence-corrected chi connectivity index (χ2v) is 6.15. The van der Waals surface area contributed by atoms with Crippen LogP contribution in [0.1, 0.15) is 27.0 Å². The molecule has 3 N–H and O–H groups in total. The zero-order valence-corrected chi connectivity index (χ0v) is 13.0. The number of benzene rings is 3. The summed E-state index contributed by atoms with van der Waals surface area (Å²) in [6.07, 6.45) is 0. The van der Waals surface area contributed by atoms with Gasteiger partial charge in [-0.05, 0) is 30.3 Å². The van der Waals surface area contributed by atoms with Gasteiger partial charge in [-0.2, -0.15) is 0 Å². The Labute approximate surface area is 143 Å². The van der Waals surface area contributed by atoms with Gasteiger partial charge in [0.2, 0.25) is 0 Å². The van der Waals surface area contributed by atoms with Crippen molar-refractivity contribution in [1.82, 2.24) is 0 Å². The van der Waals surface area contributed by atoms with Crippen molar-refractivity contribution in [1.29, 1.82) is 0 Å². The Balaban J connectivity index is 1.91. The lowest BCUT2D eigenvalue weighted by molar-refractivity contribution is 0.0224. The zero-order chi connectivity index (χ0) is 17.2. The van der Waals surface area contributed by atoms with Gasteiger partial charge in [-0.1, -0.05) is 18.2 Å². The van der Waals surface area contributed by atoms with Crippen LogP contribution >= 0.6 is 0 Å². The van der Waals surface area contributed by atoms with Crippen molar-refractivity contribution >= 4 is 11.7 Å². The molecule has 2 aliphatic rings. The number of hydrogen-bond acceptors (Lipinski definition) is 5. The number of nitrogens with two attached hydrogens (primary N) is 1. The maximum atomic E-state index is 12.6. The standard InChI is InChI=1S/C20H13NO4/c21-11-5-7-15-17(9-11)24-18-10-12(22)6-8-16(18)20(15)14-4-2-1-3-13(14)19(23)25-20/h1-10,22H,21H2. The summed E-state index contributed by atoms with van der Waals surface area (Å²) >= 11 is 0. The molecule has 5 nitrogen and oxygen atoms in total. The molecule has 3 aromatic carbocycles. The fraction of sp³-hybridized carbons (Fsp3) is 0.0500. The average molecular weight is 331 g/mol. The highest BCUT2D eigenvalue weighted by Gasteiger charge is 2.53. The Morgan fingerprint density at radius 3 is 2.44 bits per heavy atom. The van der Waals surface area contributed by atoms with Crippen molar-refractivity contribution in [2.24, 2.45) is 0 Å². The largest absolute Gasteiger partial charge is 0.508 e. The molecule has 0 aliphatic carbocycles. The van der Waals surface area contributed by atoms with Crippen molar-refractivity contribution in [2.45, 2.75) is 5.60 Å². The second kappa shape index (κ2) is 4.54. The highest BCUT2D eigenvalue weighted by molar-refractivity contribution is 5.97. The smallest absolute Gasteiger partial charge is 0.340 e. The van der Waals surface area contributed by atoms with E-state index in [1.165, 1.54) is 6.07 Å². The zero-order valence-electron chi connectivity index (χ0n) is 13.0. The van der Waals surface area contributed by atoms with Crippen molar-refractivity contribution in [3.05, 3.63) is 82.9 Å². The number of anilines is 1. The van der Waals surface area contributed by atoms with E-state index in [1.54, 1.807) is 36.4 Å². The predicted molar refractivity (Wildman–Crippen MR) is 90.8 cm³/mol. The van der Waals surface area contributed by atoms with Crippen LogP contribution in [0.2, 0.25) is 0 Å². The number of fused-ring (bicyclic) bond motifs is 6. The van der Waals surface area contributed by atoms with E-state index >= 15 is 0 Å². The fourth-order valence-corrected chi connectivity index (χ4v) is 3.68. The van der Waals surface area contributed by atoms with Gasteiger partial charge in [-0.25, -0.2) is 4.79 Å². The van der Waals surface area contributed by atoms with Crippen LogP contribution < -0.4 is 10.5 Å². The maximum absolute atomic E-state index is 12.6. The number of rotatable bonds is 0. The number of aromatic hydroxyl groups is 1. The van der Waals surface area contributed by atoms with E-state index < -0.39 is 5.60 Å². The number of ether oxygens (including phenoxy) is 2. The minimum Gasteiger partial charge on any atom is -0.508 e. The Bertz CT molecular complexity index is 1010. The summed E-state index contributed by atoms with van der Waals surface area (Å²) in [5, 5.41) is 9.86. The molecule has 122 valence electrons. The monoisotopic (exact) mass is 331 g/mol. The third-order valence-corrected chi connectivity index (χ3v) is 4.72. The van der Waals surface area contributed by atoms with E-state index in [1.807, 2.05) is 18.2 Å². The van der Waals surface area contributed by atoms with Crippen molar-refractivity contribution in [2.75, 3.05) is 5.73 Å². The SMILES string of the molecule is Nc1ccc2c(c1)Oc1cc(O)ccc1C21OC(=O)c2ccccc21. The minimum absolute atomic E-state index is 0.0684. The normalized spacial score (nSPS) is 19.6. The molecule has 0 saturated carbocycles. The molecule has 2 aliphatic heterocycles. The highest BCUT2D eigenvalue weighted by atomic mass is 16.6. The number of hydrogen-bond donors (Lipinski definition) is 2. The molecule has 0 bridgehead atoms. The van der Waals surface area contributed by atoms with Crippen molar-refractivity contribution in [3.8, 4) is 17.2 Å². The van der Waals surface area contributed by atoms with Crippen LogP contribution in [0.4, 0.5) is 5.69 Å². The van der Waals surface area contributed by atoms with Gasteiger partial charge in [-0.3, -0.25) is 0 Å². The van der Waals surface area contributed by atoms with Gasteiger partial charge in [0.05, 0.1) is 5.56 Å². The van der Waals surface area contributed by atoms with Gasteiger partial charge in [0, 0.05) is 34.5 Å². The Morgan fingerprint density at radius 1 is 0.880 bits per heavy atom. The quantitative estimate of drug-likeness (QED) is 0.486. The summed E-state index contributed by atoms with van der Waals surface area (Å²) in [6.45, 7) is 0. The van der Waals surface area contributed by atoms with Crippen LogP contribution in [0.3, 0.4) is 0 Å². The van der Waals surface area contributed by atoms with E-state index in [2.05, 4.69) is 0 Å². The molecule has 1 unspecified atom stereocenters. The summed E-state index contributed by atoms with van der Waals surface area (Å²) < 4.78 is 11.9. The van der Waals surface area contributed by atoms with Gasteiger partial charge in [0.25, 0.3) is 0 Å².